The van der Waals surface area contributed by atoms with Crippen LogP contribution in [0.1, 0.15) is 12.0 Å². The van der Waals surface area contributed by atoms with Crippen LogP contribution in [0.25, 0.3) is 0 Å². The van der Waals surface area contributed by atoms with Gasteiger partial charge in [0.15, 0.2) is 0 Å². The third-order valence-corrected chi connectivity index (χ3v) is 4.10. The van der Waals surface area contributed by atoms with Gasteiger partial charge in [-0.2, -0.15) is 0 Å². The first kappa shape index (κ1) is 9.61. The second-order valence-corrected chi connectivity index (χ2v) is 5.29. The summed E-state index contributed by atoms with van der Waals surface area (Å²) in [5.74, 6) is 0.435. The number of hydrogen-bond acceptors (Lipinski definition) is 1. The monoisotopic (exact) mass is 225 g/mol. The Bertz CT molecular complexity index is 420. The maximum Gasteiger partial charge on any atom is 0.141 e. The first-order valence-electron chi connectivity index (χ1n) is 5.26. The second-order valence-electron chi connectivity index (χ2n) is 4.88. The van der Waals surface area contributed by atoms with Crippen molar-refractivity contribution in [2.75, 3.05) is 20.1 Å². The van der Waals surface area contributed by atoms with Crippen molar-refractivity contribution in [2.45, 2.75) is 11.8 Å². The highest BCUT2D eigenvalue weighted by Crippen LogP contribution is 2.58. The van der Waals surface area contributed by atoms with Crippen molar-refractivity contribution in [3.63, 3.8) is 0 Å². The highest BCUT2D eigenvalue weighted by molar-refractivity contribution is 6.30. The van der Waals surface area contributed by atoms with Gasteiger partial charge in [0.2, 0.25) is 0 Å². The summed E-state index contributed by atoms with van der Waals surface area (Å²) in [4.78, 5) is 2.34. The van der Waals surface area contributed by atoms with E-state index in [0.717, 1.165) is 19.0 Å². The van der Waals surface area contributed by atoms with E-state index in [4.69, 9.17) is 11.6 Å². The molecular formula is C12H13ClFN. The molecule has 0 N–H and O–H groups in total. The Morgan fingerprint density at radius 1 is 1.53 bits per heavy atom. The molecule has 3 heteroatoms. The molecule has 1 aromatic rings. The van der Waals surface area contributed by atoms with Gasteiger partial charge in [0.05, 0.1) is 5.02 Å². The standard InChI is InChI=1S/C12H13ClFN/c1-15-6-9-5-12(9,7-15)8-2-3-11(14)10(13)4-8/h2-4,9H,5-7H2,1H3/t9?,12-/m0/s1. The van der Waals surface area contributed by atoms with E-state index in [1.807, 2.05) is 6.07 Å². The van der Waals surface area contributed by atoms with E-state index in [2.05, 4.69) is 11.9 Å². The van der Waals surface area contributed by atoms with E-state index in [9.17, 15) is 4.39 Å². The van der Waals surface area contributed by atoms with Crippen LogP contribution in [0.3, 0.4) is 0 Å². The number of nitrogens with zero attached hydrogens (tertiary/aromatic N) is 1. The minimum absolute atomic E-state index is 0.252. The average molecular weight is 226 g/mol. The molecule has 1 aliphatic heterocycles. The van der Waals surface area contributed by atoms with Gasteiger partial charge in [0.25, 0.3) is 0 Å². The van der Waals surface area contributed by atoms with Gasteiger partial charge < -0.3 is 4.90 Å². The molecule has 0 aromatic heterocycles. The topological polar surface area (TPSA) is 3.24 Å². The second kappa shape index (κ2) is 2.96. The summed E-state index contributed by atoms with van der Waals surface area (Å²) in [6.07, 6.45) is 1.24. The number of hydrogen-bond donors (Lipinski definition) is 0. The normalized spacial score (nSPS) is 34.2. The van der Waals surface area contributed by atoms with Crippen molar-refractivity contribution in [3.05, 3.63) is 34.6 Å². The third-order valence-electron chi connectivity index (χ3n) is 3.81. The highest BCUT2D eigenvalue weighted by Gasteiger charge is 2.59. The van der Waals surface area contributed by atoms with Crippen LogP contribution in [0, 0.1) is 11.7 Å². The minimum Gasteiger partial charge on any atom is -0.305 e. The predicted octanol–water partition coefficient (Wildman–Crippen LogP) is 2.68. The van der Waals surface area contributed by atoms with Gasteiger partial charge in [-0.25, -0.2) is 4.39 Å². The first-order valence-corrected chi connectivity index (χ1v) is 5.64. The van der Waals surface area contributed by atoms with Crippen LogP contribution in [0.5, 0.6) is 0 Å². The van der Waals surface area contributed by atoms with Crippen molar-refractivity contribution in [1.29, 1.82) is 0 Å². The number of piperidine rings is 1. The zero-order valence-electron chi connectivity index (χ0n) is 8.63. The smallest absolute Gasteiger partial charge is 0.141 e. The molecule has 0 bridgehead atoms. The van der Waals surface area contributed by atoms with E-state index in [1.165, 1.54) is 18.1 Å². The van der Waals surface area contributed by atoms with Crippen molar-refractivity contribution >= 4 is 11.6 Å². The lowest BCUT2D eigenvalue weighted by atomic mass is 9.95. The van der Waals surface area contributed by atoms with Gasteiger partial charge in [-0.05, 0) is 37.1 Å². The zero-order chi connectivity index (χ0) is 10.6. The molecular weight excluding hydrogens is 213 g/mol. The summed E-state index contributed by atoms with van der Waals surface area (Å²) in [7, 11) is 2.14. The zero-order valence-corrected chi connectivity index (χ0v) is 9.39. The molecule has 2 atom stereocenters. The Hall–Kier alpha value is -0.600. The lowest BCUT2D eigenvalue weighted by Gasteiger charge is -2.16. The summed E-state index contributed by atoms with van der Waals surface area (Å²) < 4.78 is 13.1. The lowest BCUT2D eigenvalue weighted by Crippen LogP contribution is -2.22. The van der Waals surface area contributed by atoms with Crippen molar-refractivity contribution in [2.24, 2.45) is 5.92 Å². The summed E-state index contributed by atoms with van der Waals surface area (Å²) in [5.41, 5.74) is 1.50. The molecule has 1 unspecified atom stereocenters. The van der Waals surface area contributed by atoms with Gasteiger partial charge in [0.1, 0.15) is 5.82 Å². The maximum absolute atomic E-state index is 13.1. The molecule has 1 saturated carbocycles. The molecule has 1 aromatic carbocycles. The lowest BCUT2D eigenvalue weighted by molar-refractivity contribution is 0.363. The predicted molar refractivity (Wildman–Crippen MR) is 58.7 cm³/mol. The fraction of sp³-hybridized carbons (Fsp3) is 0.500. The Balaban J connectivity index is 1.97. The summed E-state index contributed by atoms with van der Waals surface area (Å²) in [5, 5.41) is 0.252. The quantitative estimate of drug-likeness (QED) is 0.711. The van der Waals surface area contributed by atoms with E-state index >= 15 is 0 Å². The van der Waals surface area contributed by atoms with Gasteiger partial charge >= 0.3 is 0 Å². The van der Waals surface area contributed by atoms with Crippen LogP contribution in [0.15, 0.2) is 18.2 Å². The number of benzene rings is 1. The average Bonchev–Trinajstić information content (AvgIpc) is 2.75. The summed E-state index contributed by atoms with van der Waals surface area (Å²) in [6, 6.07) is 5.18. The Kier molecular flexibility index (Phi) is 1.89. The molecule has 0 radical (unpaired) electrons. The number of likely N-dealkylation sites (tertiary alicyclic amines) is 1. The number of halogens is 2. The fourth-order valence-electron chi connectivity index (χ4n) is 2.99. The molecule has 1 nitrogen and oxygen atoms in total. The molecule has 0 amide bonds. The molecule has 2 aliphatic rings. The van der Waals surface area contributed by atoms with Crippen LogP contribution < -0.4 is 0 Å². The molecule has 80 valence electrons. The summed E-state index contributed by atoms with van der Waals surface area (Å²) in [6.45, 7) is 2.24. The SMILES string of the molecule is CN1CC2C[C@@]2(c2ccc(F)c(Cl)c2)C1. The molecule has 15 heavy (non-hydrogen) atoms. The van der Waals surface area contributed by atoms with Crippen molar-refractivity contribution < 1.29 is 4.39 Å². The maximum atomic E-state index is 13.1. The van der Waals surface area contributed by atoms with Crippen LogP contribution in [0.2, 0.25) is 5.02 Å². The minimum atomic E-state index is -0.319. The van der Waals surface area contributed by atoms with Crippen LogP contribution in [-0.4, -0.2) is 25.0 Å². The van der Waals surface area contributed by atoms with E-state index < -0.39 is 0 Å². The Morgan fingerprint density at radius 2 is 2.33 bits per heavy atom. The molecule has 0 spiro atoms. The molecule has 1 aliphatic carbocycles. The van der Waals surface area contributed by atoms with Crippen molar-refractivity contribution in [1.82, 2.24) is 4.90 Å². The largest absolute Gasteiger partial charge is 0.305 e. The van der Waals surface area contributed by atoms with E-state index in [-0.39, 0.29) is 16.3 Å². The van der Waals surface area contributed by atoms with Gasteiger partial charge in [0, 0.05) is 18.5 Å². The summed E-state index contributed by atoms with van der Waals surface area (Å²) >= 11 is 5.82. The van der Waals surface area contributed by atoms with Gasteiger partial charge in [-0.1, -0.05) is 17.7 Å². The van der Waals surface area contributed by atoms with E-state index in [0.29, 0.717) is 0 Å². The van der Waals surface area contributed by atoms with Crippen LogP contribution >= 0.6 is 11.6 Å². The van der Waals surface area contributed by atoms with Crippen LogP contribution in [0.4, 0.5) is 4.39 Å². The third kappa shape index (κ3) is 1.31. The molecule has 1 saturated heterocycles. The van der Waals surface area contributed by atoms with Gasteiger partial charge in [-0.3, -0.25) is 0 Å². The molecule has 2 fully saturated rings. The molecule has 3 rings (SSSR count). The van der Waals surface area contributed by atoms with Gasteiger partial charge in [-0.15, -0.1) is 0 Å². The van der Waals surface area contributed by atoms with E-state index in [1.54, 1.807) is 6.07 Å². The Labute approximate surface area is 93.8 Å². The first-order chi connectivity index (χ1) is 7.12. The fourth-order valence-corrected chi connectivity index (χ4v) is 3.17. The van der Waals surface area contributed by atoms with Crippen LogP contribution in [-0.2, 0) is 5.41 Å². The number of likely N-dealkylation sites (N-methyl/N-ethyl adjacent to an activating group) is 1. The highest BCUT2D eigenvalue weighted by atomic mass is 35.5. The number of rotatable bonds is 1. The molecule has 1 heterocycles. The Morgan fingerprint density at radius 3 is 2.93 bits per heavy atom. The number of fused-ring (bicyclic) bond motifs is 1. The van der Waals surface area contributed by atoms with Crippen molar-refractivity contribution in [3.8, 4) is 0 Å².